The van der Waals surface area contributed by atoms with Crippen molar-refractivity contribution in [3.05, 3.63) is 36.7 Å². The number of hydrogen-bond donors (Lipinski definition) is 2. The lowest BCUT2D eigenvalue weighted by atomic mass is 9.91. The number of benzene rings is 1. The Hall–Kier alpha value is -2.81. The largest absolute Gasteiger partial charge is 0.493 e. The van der Waals surface area contributed by atoms with Crippen LogP contribution in [0.4, 0.5) is 5.95 Å². The molecule has 3 aromatic rings. The normalized spacial score (nSPS) is 18.8. The van der Waals surface area contributed by atoms with Gasteiger partial charge in [-0.3, -0.25) is 0 Å². The molecule has 2 aromatic heterocycles. The summed E-state index contributed by atoms with van der Waals surface area (Å²) in [5, 5.41) is 8.71. The van der Waals surface area contributed by atoms with Crippen molar-refractivity contribution in [3.63, 3.8) is 0 Å². The first-order chi connectivity index (χ1) is 17.5. The fraction of sp³-hybridized carbons (Fsp3) is 0.522. The highest BCUT2D eigenvalue weighted by molar-refractivity contribution is 7.88. The van der Waals surface area contributed by atoms with Crippen LogP contribution in [0.3, 0.4) is 0 Å². The highest BCUT2D eigenvalue weighted by atomic mass is 32.2. The molecule has 0 radical (unpaired) electrons. The molecule has 4 rings (SSSR count). The van der Waals surface area contributed by atoms with Gasteiger partial charge in [-0.15, -0.1) is 0 Å². The molecule has 1 aromatic carbocycles. The van der Waals surface area contributed by atoms with Crippen molar-refractivity contribution in [2.75, 3.05) is 38.0 Å². The second-order valence-electron chi connectivity index (χ2n) is 9.28. The van der Waals surface area contributed by atoms with E-state index in [-0.39, 0.29) is 12.1 Å². The molecule has 0 amide bonds. The summed E-state index contributed by atoms with van der Waals surface area (Å²) in [6.07, 6.45) is 9.49. The molecule has 2 N–H and O–H groups in total. The number of nitrogens with zero attached hydrogens (tertiary/aromatic N) is 5. The minimum Gasteiger partial charge on any atom is -0.493 e. The third-order valence-electron chi connectivity index (χ3n) is 6.44. The van der Waals surface area contributed by atoms with Crippen molar-refractivity contribution >= 4 is 36.9 Å². The number of fused-ring (bicyclic) bond motifs is 1. The first-order valence-corrected chi connectivity index (χ1v) is 15.8. The first kappa shape index (κ1) is 27.2. The zero-order chi connectivity index (χ0) is 26.6. The van der Waals surface area contributed by atoms with Crippen molar-refractivity contribution in [1.29, 1.82) is 0 Å². The summed E-state index contributed by atoms with van der Waals surface area (Å²) in [5.74, 6) is 1.76. The van der Waals surface area contributed by atoms with Crippen molar-refractivity contribution in [3.8, 4) is 11.6 Å². The van der Waals surface area contributed by atoms with E-state index >= 15 is 0 Å². The summed E-state index contributed by atoms with van der Waals surface area (Å²) in [4.78, 5) is 9.02. The van der Waals surface area contributed by atoms with Gasteiger partial charge >= 0.3 is 0 Å². The minimum absolute atomic E-state index is 0.0168. The highest BCUT2D eigenvalue weighted by Gasteiger charge is 2.28. The summed E-state index contributed by atoms with van der Waals surface area (Å²) in [5.41, 5.74) is 0.820. The molecule has 1 aliphatic rings. The molecule has 37 heavy (non-hydrogen) atoms. The average Bonchev–Trinajstić information content (AvgIpc) is 3.28. The van der Waals surface area contributed by atoms with Gasteiger partial charge in [0.15, 0.2) is 5.82 Å². The van der Waals surface area contributed by atoms with Crippen molar-refractivity contribution in [2.24, 2.45) is 0 Å². The van der Waals surface area contributed by atoms with Crippen LogP contribution in [0.5, 0.6) is 5.75 Å². The van der Waals surface area contributed by atoms with E-state index in [1.54, 1.807) is 30.2 Å². The lowest BCUT2D eigenvalue weighted by Gasteiger charge is -2.33. The quantitative estimate of drug-likeness (QED) is 0.340. The molecule has 0 atom stereocenters. The Morgan fingerprint density at radius 1 is 1.11 bits per heavy atom. The molecule has 0 spiro atoms. The number of sulfonamides is 2. The van der Waals surface area contributed by atoms with Crippen LogP contribution in [-0.4, -0.2) is 85.7 Å². The van der Waals surface area contributed by atoms with E-state index < -0.39 is 20.0 Å². The van der Waals surface area contributed by atoms with Crippen LogP contribution in [0, 0.1) is 0 Å². The predicted molar refractivity (Wildman–Crippen MR) is 142 cm³/mol. The number of anilines is 1. The van der Waals surface area contributed by atoms with E-state index in [0.29, 0.717) is 37.1 Å². The van der Waals surface area contributed by atoms with E-state index in [1.165, 1.54) is 10.6 Å². The molecule has 1 fully saturated rings. The molecular formula is C23H33N7O5S2. The number of ether oxygens (including phenoxy) is 1. The molecule has 0 aliphatic heterocycles. The summed E-state index contributed by atoms with van der Waals surface area (Å²) < 4.78 is 57.5. The maximum Gasteiger partial charge on any atom is 0.224 e. The van der Waals surface area contributed by atoms with E-state index in [1.807, 2.05) is 18.2 Å². The zero-order valence-electron chi connectivity index (χ0n) is 21.2. The molecule has 202 valence electrons. The van der Waals surface area contributed by atoms with Crippen LogP contribution < -0.4 is 14.8 Å². The Balaban J connectivity index is 1.40. The molecule has 1 saturated carbocycles. The molecule has 12 nitrogen and oxygen atoms in total. The Morgan fingerprint density at radius 3 is 2.57 bits per heavy atom. The smallest absolute Gasteiger partial charge is 0.224 e. The molecule has 14 heteroatoms. The van der Waals surface area contributed by atoms with Gasteiger partial charge in [-0.05, 0) is 44.2 Å². The number of nitrogens with one attached hydrogen (secondary N) is 2. The Kier molecular flexibility index (Phi) is 8.31. The summed E-state index contributed by atoms with van der Waals surface area (Å²) >= 11 is 0. The van der Waals surface area contributed by atoms with E-state index in [4.69, 9.17) is 4.74 Å². The van der Waals surface area contributed by atoms with E-state index in [9.17, 15) is 16.8 Å². The van der Waals surface area contributed by atoms with Gasteiger partial charge in [0.25, 0.3) is 0 Å². The highest BCUT2D eigenvalue weighted by Crippen LogP contribution is 2.28. The fourth-order valence-electron chi connectivity index (χ4n) is 4.42. The topological polar surface area (TPSA) is 148 Å². The maximum absolute atomic E-state index is 11.8. The number of rotatable bonds is 11. The van der Waals surface area contributed by atoms with Crippen molar-refractivity contribution < 1.29 is 21.6 Å². The van der Waals surface area contributed by atoms with Crippen molar-refractivity contribution in [1.82, 2.24) is 28.8 Å². The number of aromatic nitrogens is 4. The van der Waals surface area contributed by atoms with Crippen molar-refractivity contribution in [2.45, 2.75) is 44.2 Å². The molecule has 0 bridgehead atoms. The first-order valence-electron chi connectivity index (χ1n) is 12.1. The van der Waals surface area contributed by atoms with E-state index in [0.717, 1.165) is 42.8 Å². The van der Waals surface area contributed by atoms with Gasteiger partial charge in [-0.1, -0.05) is 6.07 Å². The SMILES string of the molecule is CN(C1CCC(Nc2nccc(-n3ncc4c(OCCCNS(C)(=O)=O)cccc43)n2)CC1)S(C)(=O)=O. The van der Waals surface area contributed by atoms with Crippen LogP contribution in [0.15, 0.2) is 36.7 Å². The monoisotopic (exact) mass is 551 g/mol. The standard InChI is InChI=1S/C23H33N7O5S2/c1-29(37(3,33)34)18-10-8-17(9-11-18)27-23-24-14-12-22(28-23)30-20-6-4-7-21(19(20)16-25-30)35-15-5-13-26-36(2,31)32/h4,6-7,12,14,16-18,26H,5,8-11,13,15H2,1-3H3,(H,24,27,28). The number of hydrogen-bond acceptors (Lipinski definition) is 9. The van der Waals surface area contributed by atoms with Gasteiger partial charge < -0.3 is 10.1 Å². The van der Waals surface area contributed by atoms with Crippen LogP contribution in [-0.2, 0) is 20.0 Å². The third-order valence-corrected chi connectivity index (χ3v) is 8.51. The summed E-state index contributed by atoms with van der Waals surface area (Å²) in [6.45, 7) is 0.664. The summed E-state index contributed by atoms with van der Waals surface area (Å²) in [6, 6.07) is 7.60. The van der Waals surface area contributed by atoms with Crippen LogP contribution in [0.25, 0.3) is 16.7 Å². The lowest BCUT2D eigenvalue weighted by Crippen LogP contribution is -2.41. The molecule has 2 heterocycles. The zero-order valence-corrected chi connectivity index (χ0v) is 22.8. The van der Waals surface area contributed by atoms with Gasteiger partial charge in [0.2, 0.25) is 26.0 Å². The summed E-state index contributed by atoms with van der Waals surface area (Å²) in [7, 11) is -4.77. The molecule has 0 unspecified atom stereocenters. The Labute approximate surface area is 217 Å². The van der Waals surface area contributed by atoms with Crippen LogP contribution in [0.2, 0.25) is 0 Å². The van der Waals surface area contributed by atoms with Gasteiger partial charge in [0, 0.05) is 37.9 Å². The minimum atomic E-state index is -3.22. The van der Waals surface area contributed by atoms with E-state index in [2.05, 4.69) is 25.1 Å². The van der Waals surface area contributed by atoms with Gasteiger partial charge in [0.1, 0.15) is 5.75 Å². The molecular weight excluding hydrogens is 518 g/mol. The van der Waals surface area contributed by atoms with Crippen LogP contribution >= 0.6 is 0 Å². The Bertz CT molecular complexity index is 1430. The fourth-order valence-corrected chi connectivity index (χ4v) is 5.69. The van der Waals surface area contributed by atoms with Gasteiger partial charge in [-0.2, -0.15) is 10.1 Å². The van der Waals surface area contributed by atoms with Gasteiger partial charge in [0.05, 0.1) is 36.2 Å². The van der Waals surface area contributed by atoms with Gasteiger partial charge in [-0.25, -0.2) is 35.5 Å². The third kappa shape index (κ3) is 7.15. The van der Waals surface area contributed by atoms with Crippen LogP contribution in [0.1, 0.15) is 32.1 Å². The average molecular weight is 552 g/mol. The molecule has 0 saturated heterocycles. The predicted octanol–water partition coefficient (Wildman–Crippen LogP) is 1.75. The second kappa shape index (κ2) is 11.3. The molecule has 1 aliphatic carbocycles. The second-order valence-corrected chi connectivity index (χ2v) is 13.2. The lowest BCUT2D eigenvalue weighted by molar-refractivity contribution is 0.276. The Morgan fingerprint density at radius 2 is 1.86 bits per heavy atom. The maximum atomic E-state index is 11.8.